The third-order valence-electron chi connectivity index (χ3n) is 4.79. The van der Waals surface area contributed by atoms with Gasteiger partial charge in [-0.05, 0) is 71.5 Å². The molecule has 2 aromatic carbocycles. The van der Waals surface area contributed by atoms with Gasteiger partial charge >= 0.3 is 0 Å². The van der Waals surface area contributed by atoms with Crippen molar-refractivity contribution in [3.63, 3.8) is 0 Å². The Morgan fingerprint density at radius 1 is 1.26 bits per heavy atom. The molecule has 1 aliphatic rings. The van der Waals surface area contributed by atoms with Gasteiger partial charge in [-0.15, -0.1) is 5.10 Å². The second kappa shape index (κ2) is 9.61. The lowest BCUT2D eigenvalue weighted by Gasteiger charge is -2.17. The number of rotatable bonds is 8. The molecule has 2 heterocycles. The molecule has 10 heteroatoms. The molecule has 4 rings (SSSR count). The van der Waals surface area contributed by atoms with Crippen LogP contribution in [0.15, 0.2) is 47.6 Å². The summed E-state index contributed by atoms with van der Waals surface area (Å²) < 4.78 is 7.40. The van der Waals surface area contributed by atoms with Crippen LogP contribution in [0.4, 0.5) is 11.4 Å². The van der Waals surface area contributed by atoms with Crippen molar-refractivity contribution >= 4 is 35.0 Å². The molecule has 3 aromatic rings. The monoisotopic (exact) mass is 438 g/mol. The summed E-state index contributed by atoms with van der Waals surface area (Å²) in [6.45, 7) is 0.431. The topological polar surface area (TPSA) is 111 Å². The first-order valence-corrected chi connectivity index (χ1v) is 11.1. The van der Waals surface area contributed by atoms with E-state index in [1.807, 2.05) is 48.7 Å². The molecular weight excluding hydrogens is 416 g/mol. The summed E-state index contributed by atoms with van der Waals surface area (Å²) in [4.78, 5) is 23.7. The number of aromatic nitrogens is 4. The lowest BCUT2D eigenvalue weighted by atomic mass is 10.0. The molecule has 0 aliphatic carbocycles. The Hall–Kier alpha value is -3.40. The van der Waals surface area contributed by atoms with Crippen LogP contribution in [0.5, 0.6) is 5.75 Å². The minimum Gasteiger partial charge on any atom is -0.494 e. The summed E-state index contributed by atoms with van der Waals surface area (Å²) in [7, 11) is 0. The average Bonchev–Trinajstić information content (AvgIpc) is 3.26. The van der Waals surface area contributed by atoms with E-state index in [-0.39, 0.29) is 11.8 Å². The molecule has 1 aliphatic heterocycles. The predicted octanol–water partition coefficient (Wildman–Crippen LogP) is 3.07. The number of nitrogens with one attached hydrogen (secondary N) is 2. The highest BCUT2D eigenvalue weighted by Crippen LogP contribution is 2.27. The Kier molecular flexibility index (Phi) is 6.46. The quantitative estimate of drug-likeness (QED) is 0.411. The van der Waals surface area contributed by atoms with Gasteiger partial charge in [0.15, 0.2) is 0 Å². The molecule has 0 unspecified atom stereocenters. The maximum Gasteiger partial charge on any atom is 0.224 e. The van der Waals surface area contributed by atoms with Crippen molar-refractivity contribution in [1.82, 2.24) is 20.2 Å². The number of benzene rings is 2. The zero-order chi connectivity index (χ0) is 21.6. The number of tetrazole rings is 1. The fraction of sp³-hybridized carbons (Fsp3) is 0.286. The molecule has 0 atom stereocenters. The first kappa shape index (κ1) is 20.9. The van der Waals surface area contributed by atoms with Crippen LogP contribution >= 0.6 is 11.8 Å². The third-order valence-corrected chi connectivity index (χ3v) is 5.41. The highest BCUT2D eigenvalue weighted by Gasteiger charge is 2.15. The SMILES string of the molecule is CSc1nnnn1-c1cccc(NC(=O)CCCOc2ccc3c(c2)CCC(=O)N3)c1. The second-order valence-electron chi connectivity index (χ2n) is 7.00. The Bertz CT molecular complexity index is 1100. The normalized spacial score (nSPS) is 12.7. The molecule has 2 N–H and O–H groups in total. The van der Waals surface area contributed by atoms with Crippen LogP contribution in [-0.2, 0) is 16.0 Å². The number of carbonyl (C=O) groups is 2. The summed E-state index contributed by atoms with van der Waals surface area (Å²) in [6, 6.07) is 13.0. The summed E-state index contributed by atoms with van der Waals surface area (Å²) >= 11 is 1.44. The van der Waals surface area contributed by atoms with E-state index in [2.05, 4.69) is 26.2 Å². The number of hydrogen-bond acceptors (Lipinski definition) is 7. The van der Waals surface area contributed by atoms with Crippen LogP contribution in [0.2, 0.25) is 0 Å². The fourth-order valence-electron chi connectivity index (χ4n) is 3.28. The molecule has 0 saturated heterocycles. The van der Waals surface area contributed by atoms with Crippen molar-refractivity contribution in [1.29, 1.82) is 0 Å². The van der Waals surface area contributed by atoms with Gasteiger partial charge < -0.3 is 15.4 Å². The van der Waals surface area contributed by atoms with Crippen molar-refractivity contribution in [3.8, 4) is 11.4 Å². The van der Waals surface area contributed by atoms with E-state index in [0.29, 0.717) is 43.1 Å². The van der Waals surface area contributed by atoms with E-state index in [4.69, 9.17) is 4.74 Å². The van der Waals surface area contributed by atoms with Gasteiger partial charge in [0.25, 0.3) is 0 Å². The molecule has 2 amide bonds. The number of fused-ring (bicyclic) bond motifs is 1. The van der Waals surface area contributed by atoms with Gasteiger partial charge in [0, 0.05) is 24.2 Å². The highest BCUT2D eigenvalue weighted by molar-refractivity contribution is 7.98. The van der Waals surface area contributed by atoms with Gasteiger partial charge in [-0.25, -0.2) is 0 Å². The van der Waals surface area contributed by atoms with E-state index in [1.165, 1.54) is 11.8 Å². The highest BCUT2D eigenvalue weighted by atomic mass is 32.2. The molecule has 0 radical (unpaired) electrons. The molecular formula is C21H22N6O3S. The maximum atomic E-state index is 12.3. The van der Waals surface area contributed by atoms with E-state index >= 15 is 0 Å². The average molecular weight is 439 g/mol. The molecule has 0 fully saturated rings. The number of hydrogen-bond donors (Lipinski definition) is 2. The standard InChI is InChI=1S/C21H22N6O3S/c1-31-21-24-25-26-27(21)16-5-2-4-15(13-16)22-19(28)6-3-11-30-17-8-9-18-14(12-17)7-10-20(29)23-18/h2,4-5,8-9,12-13H,3,6-7,10-11H2,1H3,(H,22,28)(H,23,29). The number of carbonyl (C=O) groups excluding carboxylic acids is 2. The van der Waals surface area contributed by atoms with Gasteiger partial charge in [0.2, 0.25) is 17.0 Å². The minimum absolute atomic E-state index is 0.0420. The largest absolute Gasteiger partial charge is 0.494 e. The van der Waals surface area contributed by atoms with Gasteiger partial charge in [-0.3, -0.25) is 9.59 Å². The van der Waals surface area contributed by atoms with Crippen molar-refractivity contribution < 1.29 is 14.3 Å². The summed E-state index contributed by atoms with van der Waals surface area (Å²) in [5.74, 6) is 0.699. The number of nitrogens with zero attached hydrogens (tertiary/aromatic N) is 4. The smallest absolute Gasteiger partial charge is 0.224 e. The maximum absolute atomic E-state index is 12.3. The molecule has 0 spiro atoms. The lowest BCUT2D eigenvalue weighted by molar-refractivity contribution is -0.117. The van der Waals surface area contributed by atoms with E-state index in [1.54, 1.807) is 4.68 Å². The van der Waals surface area contributed by atoms with Gasteiger partial charge in [-0.2, -0.15) is 4.68 Å². The molecule has 0 bridgehead atoms. The van der Waals surface area contributed by atoms with E-state index in [0.717, 1.165) is 22.7 Å². The Morgan fingerprint density at radius 2 is 2.16 bits per heavy atom. The lowest BCUT2D eigenvalue weighted by Crippen LogP contribution is -2.18. The fourth-order valence-corrected chi connectivity index (χ4v) is 3.71. The van der Waals surface area contributed by atoms with Gasteiger partial charge in [-0.1, -0.05) is 17.8 Å². The van der Waals surface area contributed by atoms with Gasteiger partial charge in [0.05, 0.1) is 12.3 Å². The first-order chi connectivity index (χ1) is 15.1. The molecule has 31 heavy (non-hydrogen) atoms. The number of ether oxygens (including phenoxy) is 1. The molecule has 0 saturated carbocycles. The second-order valence-corrected chi connectivity index (χ2v) is 7.77. The van der Waals surface area contributed by atoms with Crippen molar-refractivity contribution in [2.24, 2.45) is 0 Å². The number of aryl methyl sites for hydroxylation is 1. The summed E-state index contributed by atoms with van der Waals surface area (Å²) in [5.41, 5.74) is 3.38. The first-order valence-electron chi connectivity index (χ1n) is 9.90. The third kappa shape index (κ3) is 5.21. The number of amides is 2. The van der Waals surface area contributed by atoms with Crippen molar-refractivity contribution in [3.05, 3.63) is 48.0 Å². The van der Waals surface area contributed by atoms with Crippen LogP contribution in [0.25, 0.3) is 5.69 Å². The van der Waals surface area contributed by atoms with Crippen LogP contribution in [0.3, 0.4) is 0 Å². The van der Waals surface area contributed by atoms with Crippen molar-refractivity contribution in [2.45, 2.75) is 30.8 Å². The van der Waals surface area contributed by atoms with Gasteiger partial charge in [0.1, 0.15) is 5.75 Å². The van der Waals surface area contributed by atoms with Crippen LogP contribution in [0, 0.1) is 0 Å². The van der Waals surface area contributed by atoms with E-state index in [9.17, 15) is 9.59 Å². The molecule has 9 nitrogen and oxygen atoms in total. The zero-order valence-corrected chi connectivity index (χ0v) is 17.8. The summed E-state index contributed by atoms with van der Waals surface area (Å²) in [6.07, 6.45) is 4.03. The molecule has 1 aromatic heterocycles. The van der Waals surface area contributed by atoms with Crippen LogP contribution < -0.4 is 15.4 Å². The minimum atomic E-state index is -0.0873. The van der Waals surface area contributed by atoms with Crippen LogP contribution in [0.1, 0.15) is 24.8 Å². The number of thioether (sulfide) groups is 1. The Balaban J connectivity index is 1.26. The van der Waals surface area contributed by atoms with Crippen LogP contribution in [-0.4, -0.2) is 44.9 Å². The Labute approximate surface area is 183 Å². The van der Waals surface area contributed by atoms with Crippen molar-refractivity contribution in [2.75, 3.05) is 23.5 Å². The molecule has 160 valence electrons. The predicted molar refractivity (Wildman–Crippen MR) is 118 cm³/mol. The zero-order valence-electron chi connectivity index (χ0n) is 17.0. The Morgan fingerprint density at radius 3 is 3.03 bits per heavy atom. The van der Waals surface area contributed by atoms with E-state index < -0.39 is 0 Å². The summed E-state index contributed by atoms with van der Waals surface area (Å²) in [5, 5.41) is 18.0. The number of anilines is 2.